The summed E-state index contributed by atoms with van der Waals surface area (Å²) in [6, 6.07) is 24.7. The number of aromatic nitrogens is 1. The van der Waals surface area contributed by atoms with Crippen molar-refractivity contribution in [3.05, 3.63) is 89.6 Å². The molecule has 2 heterocycles. The number of carbonyl (C=O) groups excluding carboxylic acids is 1. The van der Waals surface area contributed by atoms with Crippen molar-refractivity contribution in [3.63, 3.8) is 0 Å². The van der Waals surface area contributed by atoms with Gasteiger partial charge in [0.05, 0.1) is 19.3 Å². The number of hydrogen-bond donors (Lipinski definition) is 1. The zero-order chi connectivity index (χ0) is 25.1. The first-order valence-corrected chi connectivity index (χ1v) is 12.5. The zero-order valence-electron chi connectivity index (χ0n) is 21.2. The molecule has 5 rings (SSSR count). The minimum absolute atomic E-state index is 0.0544. The number of nitrogens with zero attached hydrogens (tertiary/aromatic N) is 2. The number of hydrogen-bond acceptors (Lipinski definition) is 5. The average Bonchev–Trinajstić information content (AvgIpc) is 3.39. The molecule has 0 saturated carbocycles. The van der Waals surface area contributed by atoms with E-state index in [9.17, 15) is 4.79 Å². The highest BCUT2D eigenvalue weighted by Crippen LogP contribution is 2.28. The normalized spacial score (nSPS) is 15.6. The molecule has 0 aliphatic carbocycles. The molecular formula is C30H33N3O3. The van der Waals surface area contributed by atoms with Gasteiger partial charge in [0, 0.05) is 31.3 Å². The van der Waals surface area contributed by atoms with E-state index < -0.39 is 0 Å². The topological polar surface area (TPSA) is 67.6 Å². The molecule has 6 heteroatoms. The lowest BCUT2D eigenvalue weighted by Crippen LogP contribution is -2.43. The van der Waals surface area contributed by atoms with E-state index in [1.807, 2.05) is 30.3 Å². The van der Waals surface area contributed by atoms with Crippen LogP contribution < -0.4 is 5.32 Å². The van der Waals surface area contributed by atoms with Crippen LogP contribution >= 0.6 is 0 Å². The van der Waals surface area contributed by atoms with E-state index in [2.05, 4.69) is 72.5 Å². The van der Waals surface area contributed by atoms with Crippen molar-refractivity contribution in [1.29, 1.82) is 0 Å². The highest BCUT2D eigenvalue weighted by atomic mass is 16.5. The molecule has 1 unspecified atom stereocenters. The van der Waals surface area contributed by atoms with Crippen molar-refractivity contribution >= 4 is 16.7 Å². The summed E-state index contributed by atoms with van der Waals surface area (Å²) in [5.74, 6) is 0.337. The molecule has 1 saturated heterocycles. The van der Waals surface area contributed by atoms with Gasteiger partial charge in [-0.2, -0.15) is 0 Å². The Morgan fingerprint density at radius 2 is 1.69 bits per heavy atom. The number of fused-ring (bicyclic) bond motifs is 1. The number of benzene rings is 3. The Hall–Kier alpha value is -3.48. The van der Waals surface area contributed by atoms with Gasteiger partial charge in [0.25, 0.3) is 5.91 Å². The summed E-state index contributed by atoms with van der Waals surface area (Å²) in [5, 5.41) is 9.41. The third-order valence-corrected chi connectivity index (χ3v) is 6.88. The fourth-order valence-corrected chi connectivity index (χ4v) is 4.69. The molecule has 1 aliphatic heterocycles. The molecule has 36 heavy (non-hydrogen) atoms. The van der Waals surface area contributed by atoms with E-state index in [0.717, 1.165) is 29.4 Å². The van der Waals surface area contributed by atoms with Crippen molar-refractivity contribution in [2.45, 2.75) is 32.2 Å². The molecule has 0 radical (unpaired) electrons. The van der Waals surface area contributed by atoms with Crippen LogP contribution in [0, 0.1) is 0 Å². The SMILES string of the molecule is CC(C)(C)c1ccc(C(CNC(=O)c2cc(-c3ccc4ccccc4c3)on2)N2CCOCC2)cc1. The van der Waals surface area contributed by atoms with Crippen LogP contribution in [0.3, 0.4) is 0 Å². The maximum atomic E-state index is 13.0. The summed E-state index contributed by atoms with van der Waals surface area (Å²) in [5.41, 5.74) is 3.74. The van der Waals surface area contributed by atoms with Gasteiger partial charge in [-0.15, -0.1) is 0 Å². The molecule has 1 amide bonds. The smallest absolute Gasteiger partial charge is 0.273 e. The Labute approximate surface area is 212 Å². The van der Waals surface area contributed by atoms with Crippen LogP contribution in [-0.2, 0) is 10.2 Å². The molecule has 6 nitrogen and oxygen atoms in total. The predicted octanol–water partition coefficient (Wildman–Crippen LogP) is 5.60. The lowest BCUT2D eigenvalue weighted by atomic mass is 9.86. The summed E-state index contributed by atoms with van der Waals surface area (Å²) in [6.07, 6.45) is 0. The molecular weight excluding hydrogens is 450 g/mol. The minimum atomic E-state index is -0.240. The van der Waals surface area contributed by atoms with Crippen LogP contribution in [0.15, 0.2) is 77.3 Å². The standard InChI is InChI=1S/C30H33N3O3/c1-30(2,3)25-12-10-22(11-13-25)27(33-14-16-35-17-15-33)20-31-29(34)26-19-28(36-32-26)24-9-8-21-6-4-5-7-23(21)18-24/h4-13,18-19,27H,14-17,20H2,1-3H3,(H,31,34). The Balaban J connectivity index is 1.31. The average molecular weight is 484 g/mol. The largest absolute Gasteiger partial charge is 0.379 e. The number of rotatable bonds is 6. The quantitative estimate of drug-likeness (QED) is 0.387. The number of morpholine rings is 1. The van der Waals surface area contributed by atoms with E-state index in [1.54, 1.807) is 6.07 Å². The molecule has 1 aromatic heterocycles. The van der Waals surface area contributed by atoms with E-state index in [0.29, 0.717) is 25.5 Å². The second kappa shape index (κ2) is 10.2. The highest BCUT2D eigenvalue weighted by molar-refractivity contribution is 5.93. The molecule has 1 aliphatic rings. The second-order valence-electron chi connectivity index (χ2n) is 10.4. The van der Waals surface area contributed by atoms with Gasteiger partial charge in [0.1, 0.15) is 0 Å². The van der Waals surface area contributed by atoms with Gasteiger partial charge in [0.15, 0.2) is 11.5 Å². The molecule has 3 aromatic carbocycles. The molecule has 0 bridgehead atoms. The number of nitrogens with one attached hydrogen (secondary N) is 1. The van der Waals surface area contributed by atoms with Crippen LogP contribution in [0.2, 0.25) is 0 Å². The van der Waals surface area contributed by atoms with Gasteiger partial charge >= 0.3 is 0 Å². The first kappa shape index (κ1) is 24.2. The third-order valence-electron chi connectivity index (χ3n) is 6.88. The van der Waals surface area contributed by atoms with Crippen LogP contribution in [0.1, 0.15) is 48.4 Å². The fourth-order valence-electron chi connectivity index (χ4n) is 4.69. The van der Waals surface area contributed by atoms with Crippen LogP contribution in [0.25, 0.3) is 22.1 Å². The molecule has 186 valence electrons. The fraction of sp³-hybridized carbons (Fsp3) is 0.333. The first-order valence-electron chi connectivity index (χ1n) is 12.5. The van der Waals surface area contributed by atoms with Gasteiger partial charge in [-0.1, -0.05) is 86.6 Å². The van der Waals surface area contributed by atoms with E-state index in [4.69, 9.17) is 9.26 Å². The van der Waals surface area contributed by atoms with E-state index >= 15 is 0 Å². The monoisotopic (exact) mass is 483 g/mol. The molecule has 1 N–H and O–H groups in total. The van der Waals surface area contributed by atoms with Crippen LogP contribution in [0.5, 0.6) is 0 Å². The second-order valence-corrected chi connectivity index (χ2v) is 10.4. The Morgan fingerprint density at radius 3 is 2.42 bits per heavy atom. The zero-order valence-corrected chi connectivity index (χ0v) is 21.2. The number of carbonyl (C=O) groups is 1. The Kier molecular flexibility index (Phi) is 6.90. The Bertz CT molecular complexity index is 1330. The number of ether oxygens (including phenoxy) is 1. The summed E-state index contributed by atoms with van der Waals surface area (Å²) in [7, 11) is 0. The van der Waals surface area contributed by atoms with Crippen molar-refractivity contribution in [3.8, 4) is 11.3 Å². The van der Waals surface area contributed by atoms with E-state index in [-0.39, 0.29) is 23.1 Å². The van der Waals surface area contributed by atoms with Crippen LogP contribution in [-0.4, -0.2) is 48.8 Å². The maximum Gasteiger partial charge on any atom is 0.273 e. The van der Waals surface area contributed by atoms with Gasteiger partial charge in [0.2, 0.25) is 0 Å². The van der Waals surface area contributed by atoms with Crippen molar-refractivity contribution < 1.29 is 14.1 Å². The summed E-state index contributed by atoms with van der Waals surface area (Å²) >= 11 is 0. The first-order chi connectivity index (χ1) is 17.4. The summed E-state index contributed by atoms with van der Waals surface area (Å²) in [6.45, 7) is 10.2. The van der Waals surface area contributed by atoms with Gasteiger partial charge in [-0.05, 0) is 33.4 Å². The maximum absolute atomic E-state index is 13.0. The molecule has 0 spiro atoms. The minimum Gasteiger partial charge on any atom is -0.379 e. The van der Waals surface area contributed by atoms with Crippen molar-refractivity contribution in [1.82, 2.24) is 15.4 Å². The highest BCUT2D eigenvalue weighted by Gasteiger charge is 2.25. The molecule has 1 fully saturated rings. The van der Waals surface area contributed by atoms with Gasteiger partial charge < -0.3 is 14.6 Å². The van der Waals surface area contributed by atoms with Crippen molar-refractivity contribution in [2.75, 3.05) is 32.8 Å². The van der Waals surface area contributed by atoms with Gasteiger partial charge in [-0.25, -0.2) is 0 Å². The third kappa shape index (κ3) is 5.35. The lowest BCUT2D eigenvalue weighted by molar-refractivity contribution is 0.0162. The Morgan fingerprint density at radius 1 is 0.972 bits per heavy atom. The lowest BCUT2D eigenvalue weighted by Gasteiger charge is -2.35. The van der Waals surface area contributed by atoms with E-state index in [1.165, 1.54) is 11.1 Å². The molecule has 4 aromatic rings. The number of amides is 1. The summed E-state index contributed by atoms with van der Waals surface area (Å²) in [4.78, 5) is 15.4. The molecule has 1 atom stereocenters. The predicted molar refractivity (Wildman–Crippen MR) is 142 cm³/mol. The van der Waals surface area contributed by atoms with Crippen molar-refractivity contribution in [2.24, 2.45) is 0 Å². The summed E-state index contributed by atoms with van der Waals surface area (Å²) < 4.78 is 11.1. The van der Waals surface area contributed by atoms with Crippen LogP contribution in [0.4, 0.5) is 0 Å². The van der Waals surface area contributed by atoms with Gasteiger partial charge in [-0.3, -0.25) is 9.69 Å².